The van der Waals surface area contributed by atoms with E-state index < -0.39 is 5.54 Å². The molecule has 0 aliphatic heterocycles. The van der Waals surface area contributed by atoms with Crippen LogP contribution in [0.4, 0.5) is 4.39 Å². The number of halogens is 1. The van der Waals surface area contributed by atoms with Gasteiger partial charge in [0.15, 0.2) is 0 Å². The van der Waals surface area contributed by atoms with Crippen molar-refractivity contribution in [2.24, 2.45) is 5.73 Å². The number of hydrogen-bond acceptors (Lipinski definition) is 2. The Morgan fingerprint density at radius 1 is 1.00 bits per heavy atom. The van der Waals surface area contributed by atoms with Gasteiger partial charge in [0, 0.05) is 17.1 Å². The van der Waals surface area contributed by atoms with E-state index in [0.29, 0.717) is 12.0 Å². The fourth-order valence-electron chi connectivity index (χ4n) is 2.84. The SMILES string of the molecule is CCC(N)(c1ccccc1F)c1cccc2ncccc12. The molecule has 3 rings (SSSR count). The van der Waals surface area contributed by atoms with Gasteiger partial charge >= 0.3 is 0 Å². The largest absolute Gasteiger partial charge is 0.318 e. The molecule has 3 aromatic rings. The number of benzene rings is 2. The Labute approximate surface area is 123 Å². The van der Waals surface area contributed by atoms with Crippen molar-refractivity contribution in [3.63, 3.8) is 0 Å². The first-order valence-electron chi connectivity index (χ1n) is 7.05. The monoisotopic (exact) mass is 280 g/mol. The summed E-state index contributed by atoms with van der Waals surface area (Å²) in [6.07, 6.45) is 2.35. The lowest BCUT2D eigenvalue weighted by atomic mass is 9.79. The molecular weight excluding hydrogens is 263 g/mol. The van der Waals surface area contributed by atoms with Gasteiger partial charge < -0.3 is 5.73 Å². The summed E-state index contributed by atoms with van der Waals surface area (Å²) in [7, 11) is 0. The molecular formula is C18H17FN2. The second-order valence-corrected chi connectivity index (χ2v) is 5.18. The standard InChI is InChI=1S/C18H17FN2/c1-2-18(20,15-8-3-4-10-16(15)19)14-9-5-11-17-13(14)7-6-12-21-17/h3-12H,2,20H2,1H3. The van der Waals surface area contributed by atoms with Gasteiger partial charge in [-0.15, -0.1) is 0 Å². The molecule has 106 valence electrons. The fourth-order valence-corrected chi connectivity index (χ4v) is 2.84. The Kier molecular flexibility index (Phi) is 3.43. The Morgan fingerprint density at radius 2 is 1.76 bits per heavy atom. The number of aromatic nitrogens is 1. The Morgan fingerprint density at radius 3 is 2.52 bits per heavy atom. The summed E-state index contributed by atoms with van der Waals surface area (Å²) < 4.78 is 14.3. The van der Waals surface area contributed by atoms with E-state index in [1.165, 1.54) is 6.07 Å². The van der Waals surface area contributed by atoms with Crippen LogP contribution in [0.1, 0.15) is 24.5 Å². The van der Waals surface area contributed by atoms with Gasteiger partial charge in [0.25, 0.3) is 0 Å². The van der Waals surface area contributed by atoms with Gasteiger partial charge in [-0.3, -0.25) is 4.98 Å². The number of pyridine rings is 1. The molecule has 0 aliphatic rings. The molecule has 2 nitrogen and oxygen atoms in total. The molecule has 0 bridgehead atoms. The highest BCUT2D eigenvalue weighted by Crippen LogP contribution is 2.35. The quantitative estimate of drug-likeness (QED) is 0.788. The molecule has 2 aromatic carbocycles. The molecule has 2 N–H and O–H groups in total. The second kappa shape index (κ2) is 5.26. The van der Waals surface area contributed by atoms with E-state index in [9.17, 15) is 4.39 Å². The molecule has 0 aliphatic carbocycles. The first-order valence-corrected chi connectivity index (χ1v) is 7.05. The zero-order chi connectivity index (χ0) is 14.9. The third kappa shape index (κ3) is 2.20. The lowest BCUT2D eigenvalue weighted by molar-refractivity contribution is 0.482. The van der Waals surface area contributed by atoms with Crippen molar-refractivity contribution in [3.8, 4) is 0 Å². The summed E-state index contributed by atoms with van der Waals surface area (Å²) in [4.78, 5) is 4.36. The maximum Gasteiger partial charge on any atom is 0.128 e. The molecule has 0 saturated heterocycles. The number of nitrogens with two attached hydrogens (primary N) is 1. The van der Waals surface area contributed by atoms with E-state index in [1.807, 2.05) is 43.3 Å². The van der Waals surface area contributed by atoms with Crippen LogP contribution < -0.4 is 5.73 Å². The predicted molar refractivity (Wildman–Crippen MR) is 83.4 cm³/mol. The Bertz CT molecular complexity index is 780. The van der Waals surface area contributed by atoms with E-state index in [1.54, 1.807) is 18.3 Å². The lowest BCUT2D eigenvalue weighted by Gasteiger charge is -2.31. The average molecular weight is 280 g/mol. The van der Waals surface area contributed by atoms with Gasteiger partial charge in [0.2, 0.25) is 0 Å². The van der Waals surface area contributed by atoms with Crippen molar-refractivity contribution in [2.75, 3.05) is 0 Å². The molecule has 21 heavy (non-hydrogen) atoms. The summed E-state index contributed by atoms with van der Waals surface area (Å²) in [5.74, 6) is -0.275. The fraction of sp³-hybridized carbons (Fsp3) is 0.167. The smallest absolute Gasteiger partial charge is 0.128 e. The van der Waals surface area contributed by atoms with Gasteiger partial charge in [-0.1, -0.05) is 43.3 Å². The van der Waals surface area contributed by atoms with E-state index in [4.69, 9.17) is 5.73 Å². The minimum absolute atomic E-state index is 0.275. The predicted octanol–water partition coefficient (Wildman–Crippen LogP) is 3.99. The average Bonchev–Trinajstić information content (AvgIpc) is 2.54. The summed E-state index contributed by atoms with van der Waals surface area (Å²) in [6, 6.07) is 16.4. The van der Waals surface area contributed by atoms with Crippen molar-refractivity contribution in [1.29, 1.82) is 0 Å². The number of hydrogen-bond donors (Lipinski definition) is 1. The lowest BCUT2D eigenvalue weighted by Crippen LogP contribution is -2.38. The van der Waals surface area contributed by atoms with Crippen molar-refractivity contribution < 1.29 is 4.39 Å². The minimum Gasteiger partial charge on any atom is -0.318 e. The molecule has 1 heterocycles. The highest BCUT2D eigenvalue weighted by atomic mass is 19.1. The van der Waals surface area contributed by atoms with Crippen LogP contribution in [0.25, 0.3) is 10.9 Å². The van der Waals surface area contributed by atoms with Crippen LogP contribution in [0.2, 0.25) is 0 Å². The Hall–Kier alpha value is -2.26. The molecule has 3 heteroatoms. The molecule has 0 radical (unpaired) electrons. The topological polar surface area (TPSA) is 38.9 Å². The van der Waals surface area contributed by atoms with Crippen molar-refractivity contribution in [1.82, 2.24) is 4.98 Å². The van der Waals surface area contributed by atoms with Crippen LogP contribution in [-0.2, 0) is 5.54 Å². The minimum atomic E-state index is -0.867. The molecule has 1 aromatic heterocycles. The van der Waals surface area contributed by atoms with E-state index in [2.05, 4.69) is 4.98 Å². The van der Waals surface area contributed by atoms with Crippen LogP contribution in [0.3, 0.4) is 0 Å². The van der Waals surface area contributed by atoms with Crippen molar-refractivity contribution in [3.05, 3.63) is 77.7 Å². The first kappa shape index (κ1) is 13.7. The summed E-state index contributed by atoms with van der Waals surface area (Å²) in [5, 5.41) is 0.965. The van der Waals surface area contributed by atoms with E-state index >= 15 is 0 Å². The van der Waals surface area contributed by atoms with Crippen LogP contribution >= 0.6 is 0 Å². The maximum atomic E-state index is 14.3. The van der Waals surface area contributed by atoms with Crippen LogP contribution in [0, 0.1) is 5.82 Å². The van der Waals surface area contributed by atoms with Gasteiger partial charge in [-0.05, 0) is 30.2 Å². The second-order valence-electron chi connectivity index (χ2n) is 5.18. The molecule has 0 saturated carbocycles. The van der Waals surface area contributed by atoms with E-state index in [0.717, 1.165) is 16.5 Å². The van der Waals surface area contributed by atoms with Gasteiger partial charge in [-0.25, -0.2) is 4.39 Å². The zero-order valence-electron chi connectivity index (χ0n) is 11.9. The normalized spacial score (nSPS) is 14.0. The van der Waals surface area contributed by atoms with Gasteiger partial charge in [0.1, 0.15) is 5.82 Å². The van der Waals surface area contributed by atoms with E-state index in [-0.39, 0.29) is 5.82 Å². The summed E-state index contributed by atoms with van der Waals surface area (Å²) in [6.45, 7) is 1.97. The molecule has 0 fully saturated rings. The highest BCUT2D eigenvalue weighted by Gasteiger charge is 2.31. The van der Waals surface area contributed by atoms with Gasteiger partial charge in [0.05, 0.1) is 11.1 Å². The third-order valence-corrected chi connectivity index (χ3v) is 4.04. The van der Waals surface area contributed by atoms with Crippen molar-refractivity contribution >= 4 is 10.9 Å². The summed E-state index contributed by atoms with van der Waals surface area (Å²) >= 11 is 0. The third-order valence-electron chi connectivity index (χ3n) is 4.04. The van der Waals surface area contributed by atoms with Crippen molar-refractivity contribution in [2.45, 2.75) is 18.9 Å². The molecule has 1 atom stereocenters. The number of nitrogens with zero attached hydrogens (tertiary/aromatic N) is 1. The van der Waals surface area contributed by atoms with Crippen LogP contribution in [0.5, 0.6) is 0 Å². The number of rotatable bonds is 3. The zero-order valence-corrected chi connectivity index (χ0v) is 11.9. The highest BCUT2D eigenvalue weighted by molar-refractivity contribution is 5.83. The van der Waals surface area contributed by atoms with Gasteiger partial charge in [-0.2, -0.15) is 0 Å². The molecule has 1 unspecified atom stereocenters. The van der Waals surface area contributed by atoms with Crippen LogP contribution in [0.15, 0.2) is 60.8 Å². The maximum absolute atomic E-state index is 14.3. The number of fused-ring (bicyclic) bond motifs is 1. The summed E-state index contributed by atoms with van der Waals surface area (Å²) in [5.41, 5.74) is 8.06. The molecule has 0 spiro atoms. The molecule has 0 amide bonds. The first-order chi connectivity index (χ1) is 10.2. The Balaban J connectivity index is 2.30. The van der Waals surface area contributed by atoms with Crippen LogP contribution in [-0.4, -0.2) is 4.98 Å².